The summed E-state index contributed by atoms with van der Waals surface area (Å²) in [6.07, 6.45) is 3.44. The van der Waals surface area contributed by atoms with Crippen molar-refractivity contribution >= 4 is 22.4 Å². The van der Waals surface area contributed by atoms with Gasteiger partial charge in [0, 0.05) is 29.0 Å². The van der Waals surface area contributed by atoms with Crippen molar-refractivity contribution in [3.05, 3.63) is 67.0 Å². The van der Waals surface area contributed by atoms with E-state index < -0.39 is 0 Å². The maximum absolute atomic E-state index is 6.18. The van der Waals surface area contributed by atoms with Crippen LogP contribution in [0.3, 0.4) is 0 Å². The number of rotatable bonds is 2. The second kappa shape index (κ2) is 5.62. The normalized spacial score (nSPS) is 10.8. The van der Waals surface area contributed by atoms with Gasteiger partial charge >= 0.3 is 0 Å². The molecule has 116 valence electrons. The van der Waals surface area contributed by atoms with Gasteiger partial charge in [-0.05, 0) is 47.5 Å². The molecule has 0 fully saturated rings. The highest BCUT2D eigenvalue weighted by Gasteiger charge is 2.09. The fourth-order valence-corrected chi connectivity index (χ4v) is 2.67. The molecule has 0 atom stereocenters. The third-order valence-corrected chi connectivity index (χ3v) is 3.86. The lowest BCUT2D eigenvalue weighted by Crippen LogP contribution is -1.98. The topological polar surface area (TPSA) is 90.7 Å². The van der Waals surface area contributed by atoms with Crippen LogP contribution in [0.15, 0.2) is 67.0 Å². The van der Waals surface area contributed by atoms with Crippen LogP contribution in [0, 0.1) is 0 Å². The minimum absolute atomic E-state index is 0.449. The van der Waals surface area contributed by atoms with Gasteiger partial charge < -0.3 is 11.5 Å². The third kappa shape index (κ3) is 2.52. The van der Waals surface area contributed by atoms with Gasteiger partial charge in [-0.25, -0.2) is 9.97 Å². The molecule has 2 aromatic carbocycles. The summed E-state index contributed by atoms with van der Waals surface area (Å²) in [5.74, 6) is 1.02. The van der Waals surface area contributed by atoms with Gasteiger partial charge in [0.1, 0.15) is 5.82 Å². The predicted octanol–water partition coefficient (Wildman–Crippen LogP) is 3.52. The van der Waals surface area contributed by atoms with Gasteiger partial charge in [-0.1, -0.05) is 18.2 Å². The first-order valence-corrected chi connectivity index (χ1v) is 7.54. The van der Waals surface area contributed by atoms with Crippen LogP contribution in [0.25, 0.3) is 33.4 Å². The molecule has 0 aliphatic heterocycles. The highest BCUT2D eigenvalue weighted by atomic mass is 14.9. The van der Waals surface area contributed by atoms with E-state index in [-0.39, 0.29) is 0 Å². The van der Waals surface area contributed by atoms with E-state index in [1.807, 2.05) is 54.6 Å². The maximum atomic E-state index is 6.18. The van der Waals surface area contributed by atoms with E-state index in [0.717, 1.165) is 33.3 Å². The SMILES string of the molecule is Nc1cccc(-c2ccc3nc(-c4cccnc4)nc(N)c3c2)c1. The zero-order valence-corrected chi connectivity index (χ0v) is 12.8. The minimum Gasteiger partial charge on any atom is -0.399 e. The summed E-state index contributed by atoms with van der Waals surface area (Å²) in [5, 5.41) is 0.822. The fraction of sp³-hybridized carbons (Fsp3) is 0. The molecule has 5 nitrogen and oxygen atoms in total. The Kier molecular flexibility index (Phi) is 3.31. The number of benzene rings is 2. The number of pyridine rings is 1. The molecule has 4 N–H and O–H groups in total. The Hall–Kier alpha value is -3.47. The van der Waals surface area contributed by atoms with E-state index in [0.29, 0.717) is 11.6 Å². The van der Waals surface area contributed by atoms with E-state index in [2.05, 4.69) is 15.0 Å². The molecule has 0 aliphatic carbocycles. The largest absolute Gasteiger partial charge is 0.399 e. The van der Waals surface area contributed by atoms with E-state index in [1.165, 1.54) is 0 Å². The molecular weight excluding hydrogens is 298 g/mol. The molecular formula is C19H15N5. The van der Waals surface area contributed by atoms with Gasteiger partial charge in [0.2, 0.25) is 0 Å². The Morgan fingerprint density at radius 3 is 2.38 bits per heavy atom. The summed E-state index contributed by atoms with van der Waals surface area (Å²) < 4.78 is 0. The third-order valence-electron chi connectivity index (χ3n) is 3.86. The second-order valence-electron chi connectivity index (χ2n) is 5.53. The number of aromatic nitrogens is 3. The van der Waals surface area contributed by atoms with Gasteiger partial charge in [0.15, 0.2) is 5.82 Å². The summed E-state index contributed by atoms with van der Waals surface area (Å²) in [4.78, 5) is 13.1. The van der Waals surface area contributed by atoms with Crippen LogP contribution in [0.2, 0.25) is 0 Å². The number of anilines is 2. The van der Waals surface area contributed by atoms with Crippen molar-refractivity contribution in [2.45, 2.75) is 0 Å². The number of nitrogens with two attached hydrogens (primary N) is 2. The average molecular weight is 313 g/mol. The van der Waals surface area contributed by atoms with Crippen molar-refractivity contribution in [3.63, 3.8) is 0 Å². The Morgan fingerprint density at radius 1 is 0.750 bits per heavy atom. The summed E-state index contributed by atoms with van der Waals surface area (Å²) in [6, 6.07) is 17.5. The molecule has 0 saturated carbocycles. The Balaban J connectivity index is 1.85. The van der Waals surface area contributed by atoms with Crippen molar-refractivity contribution in [2.75, 3.05) is 11.5 Å². The molecule has 0 amide bonds. The Bertz CT molecular complexity index is 1030. The van der Waals surface area contributed by atoms with E-state index >= 15 is 0 Å². The van der Waals surface area contributed by atoms with Gasteiger partial charge in [0.05, 0.1) is 5.52 Å². The summed E-state index contributed by atoms with van der Waals surface area (Å²) >= 11 is 0. The van der Waals surface area contributed by atoms with Gasteiger partial charge in [0.25, 0.3) is 0 Å². The molecule has 0 spiro atoms. The first kappa shape index (κ1) is 14.1. The highest BCUT2D eigenvalue weighted by Crippen LogP contribution is 2.28. The van der Waals surface area contributed by atoms with Gasteiger partial charge in [-0.2, -0.15) is 0 Å². The lowest BCUT2D eigenvalue weighted by Gasteiger charge is -2.08. The zero-order chi connectivity index (χ0) is 16.5. The molecule has 5 heteroatoms. The smallest absolute Gasteiger partial charge is 0.163 e. The minimum atomic E-state index is 0.449. The molecule has 4 rings (SSSR count). The van der Waals surface area contributed by atoms with Crippen molar-refractivity contribution in [3.8, 4) is 22.5 Å². The fourth-order valence-electron chi connectivity index (χ4n) is 2.67. The molecule has 2 heterocycles. The van der Waals surface area contributed by atoms with Crippen molar-refractivity contribution in [1.29, 1.82) is 0 Å². The molecule has 0 radical (unpaired) electrons. The average Bonchev–Trinajstić information content (AvgIpc) is 2.62. The molecule has 4 aromatic rings. The molecule has 0 aliphatic rings. The Labute approximate surface area is 139 Å². The first-order valence-electron chi connectivity index (χ1n) is 7.54. The zero-order valence-electron chi connectivity index (χ0n) is 12.8. The van der Waals surface area contributed by atoms with Gasteiger partial charge in [-0.15, -0.1) is 0 Å². The molecule has 0 bridgehead atoms. The van der Waals surface area contributed by atoms with Gasteiger partial charge in [-0.3, -0.25) is 4.98 Å². The second-order valence-corrected chi connectivity index (χ2v) is 5.53. The maximum Gasteiger partial charge on any atom is 0.163 e. The van der Waals surface area contributed by atoms with Crippen LogP contribution < -0.4 is 11.5 Å². The number of hydrogen-bond acceptors (Lipinski definition) is 5. The van der Waals surface area contributed by atoms with Crippen molar-refractivity contribution in [1.82, 2.24) is 15.0 Å². The molecule has 0 unspecified atom stereocenters. The molecule has 24 heavy (non-hydrogen) atoms. The first-order chi connectivity index (χ1) is 11.7. The van der Waals surface area contributed by atoms with E-state index in [1.54, 1.807) is 12.4 Å². The van der Waals surface area contributed by atoms with Crippen molar-refractivity contribution in [2.24, 2.45) is 0 Å². The van der Waals surface area contributed by atoms with E-state index in [4.69, 9.17) is 11.5 Å². The number of fused-ring (bicyclic) bond motifs is 1. The predicted molar refractivity (Wildman–Crippen MR) is 97.0 cm³/mol. The van der Waals surface area contributed by atoms with Crippen molar-refractivity contribution < 1.29 is 0 Å². The highest BCUT2D eigenvalue weighted by molar-refractivity contribution is 5.93. The Morgan fingerprint density at radius 2 is 1.58 bits per heavy atom. The van der Waals surface area contributed by atoms with Crippen LogP contribution in [0.1, 0.15) is 0 Å². The van der Waals surface area contributed by atoms with Crippen LogP contribution in [0.5, 0.6) is 0 Å². The molecule has 0 saturated heterocycles. The number of nitrogen functional groups attached to an aromatic ring is 2. The summed E-state index contributed by atoms with van der Waals surface area (Å²) in [5.41, 5.74) is 16.5. The van der Waals surface area contributed by atoms with Crippen LogP contribution in [-0.4, -0.2) is 15.0 Å². The lowest BCUT2D eigenvalue weighted by molar-refractivity contribution is 1.21. The van der Waals surface area contributed by atoms with Crippen LogP contribution in [0.4, 0.5) is 11.5 Å². The quantitative estimate of drug-likeness (QED) is 0.552. The standard InChI is InChI=1S/C19H15N5/c20-15-5-1-3-12(9-15)13-6-7-17-16(10-13)18(21)24-19(23-17)14-4-2-8-22-11-14/h1-11H,20H2,(H2,21,23,24). The number of nitrogens with zero attached hydrogens (tertiary/aromatic N) is 3. The van der Waals surface area contributed by atoms with Crippen LogP contribution >= 0.6 is 0 Å². The lowest BCUT2D eigenvalue weighted by atomic mass is 10.0. The summed E-state index contributed by atoms with van der Waals surface area (Å²) in [6.45, 7) is 0. The molecule has 2 aromatic heterocycles. The monoisotopic (exact) mass is 313 g/mol. The van der Waals surface area contributed by atoms with E-state index in [9.17, 15) is 0 Å². The number of hydrogen-bond donors (Lipinski definition) is 2. The van der Waals surface area contributed by atoms with Crippen LogP contribution in [-0.2, 0) is 0 Å². The summed E-state index contributed by atoms with van der Waals surface area (Å²) in [7, 11) is 0.